The van der Waals surface area contributed by atoms with E-state index in [2.05, 4.69) is 28.5 Å². The Morgan fingerprint density at radius 2 is 2.09 bits per heavy atom. The number of methoxy groups -OCH3 is 2. The van der Waals surface area contributed by atoms with Gasteiger partial charge in [-0.05, 0) is 43.9 Å². The van der Waals surface area contributed by atoms with Crippen molar-refractivity contribution in [1.82, 2.24) is 5.32 Å². The fourth-order valence-electron chi connectivity index (χ4n) is 3.94. The molecule has 3 rings (SSSR count). The first-order chi connectivity index (χ1) is 16.5. The van der Waals surface area contributed by atoms with E-state index in [1.54, 1.807) is 14.2 Å². The number of nitrogens with one attached hydrogen (secondary N) is 2. The minimum Gasteiger partial charge on any atom is -0.491 e. The van der Waals surface area contributed by atoms with Crippen molar-refractivity contribution >= 4 is 29.0 Å². The van der Waals surface area contributed by atoms with Gasteiger partial charge in [0, 0.05) is 39.1 Å². The molecule has 1 aromatic rings. The van der Waals surface area contributed by atoms with Gasteiger partial charge in [-0.3, -0.25) is 19.7 Å². The first-order valence-electron chi connectivity index (χ1n) is 11.9. The van der Waals surface area contributed by atoms with Gasteiger partial charge < -0.3 is 24.8 Å². The molecule has 0 bridgehead atoms. The van der Waals surface area contributed by atoms with Crippen molar-refractivity contribution in [3.8, 4) is 5.75 Å². The summed E-state index contributed by atoms with van der Waals surface area (Å²) in [5, 5.41) is 6.40. The minimum atomic E-state index is -0.415. The van der Waals surface area contributed by atoms with Gasteiger partial charge in [-0.15, -0.1) is 0 Å². The highest BCUT2D eigenvalue weighted by molar-refractivity contribution is 6.52. The monoisotopic (exact) mass is 471 g/mol. The van der Waals surface area contributed by atoms with Crippen LogP contribution in [0.15, 0.2) is 40.0 Å². The normalized spacial score (nSPS) is 16.9. The number of aliphatic imine (C=N–C) groups is 2. The molecule has 1 amide bonds. The molecule has 1 aromatic carbocycles. The molecule has 0 aliphatic carbocycles. The van der Waals surface area contributed by atoms with Gasteiger partial charge in [0.05, 0.1) is 24.5 Å². The van der Waals surface area contributed by atoms with Crippen LogP contribution in [0, 0.1) is 5.92 Å². The van der Waals surface area contributed by atoms with Crippen LogP contribution in [-0.2, 0) is 14.3 Å². The van der Waals surface area contributed by atoms with Gasteiger partial charge in [-0.25, -0.2) is 0 Å². The van der Waals surface area contributed by atoms with Crippen LogP contribution >= 0.6 is 0 Å². The molecule has 0 saturated carbocycles. The van der Waals surface area contributed by atoms with Gasteiger partial charge in [-0.2, -0.15) is 0 Å². The molecule has 9 nitrogen and oxygen atoms in total. The largest absolute Gasteiger partial charge is 0.491 e. The Labute approximate surface area is 202 Å². The van der Waals surface area contributed by atoms with E-state index in [4.69, 9.17) is 24.2 Å². The summed E-state index contributed by atoms with van der Waals surface area (Å²) in [5.74, 6) is 2.42. The highest BCUT2D eigenvalue weighted by Gasteiger charge is 2.30. The number of carbonyl (C=O) groups is 1. The zero-order chi connectivity index (χ0) is 24.5. The number of hydrogen-bond donors (Lipinski definition) is 2. The lowest BCUT2D eigenvalue weighted by Gasteiger charge is -2.36. The van der Waals surface area contributed by atoms with Crippen molar-refractivity contribution < 1.29 is 19.0 Å². The van der Waals surface area contributed by atoms with Crippen molar-refractivity contribution in [2.24, 2.45) is 15.9 Å². The molecule has 2 aliphatic heterocycles. The first-order valence-corrected chi connectivity index (χ1v) is 11.9. The summed E-state index contributed by atoms with van der Waals surface area (Å²) in [6.07, 6.45) is 3.37. The van der Waals surface area contributed by atoms with E-state index in [0.29, 0.717) is 32.8 Å². The zero-order valence-corrected chi connectivity index (χ0v) is 20.9. The van der Waals surface area contributed by atoms with Crippen molar-refractivity contribution in [3.05, 3.63) is 30.0 Å². The van der Waals surface area contributed by atoms with Crippen LogP contribution in [0.4, 0.5) is 11.4 Å². The van der Waals surface area contributed by atoms with Gasteiger partial charge in [-0.1, -0.05) is 13.8 Å². The van der Waals surface area contributed by atoms with E-state index in [1.807, 2.05) is 32.0 Å². The first kappa shape index (κ1) is 25.7. The average molecular weight is 472 g/mol. The van der Waals surface area contributed by atoms with Crippen molar-refractivity contribution in [2.45, 2.75) is 39.7 Å². The number of carbonyl (C=O) groups excluding carboxylic acids is 1. The third-order valence-electron chi connectivity index (χ3n) is 5.69. The average Bonchev–Trinajstić information content (AvgIpc) is 2.81. The Morgan fingerprint density at radius 3 is 2.82 bits per heavy atom. The summed E-state index contributed by atoms with van der Waals surface area (Å²) >= 11 is 0. The van der Waals surface area contributed by atoms with Crippen molar-refractivity contribution in [2.75, 3.05) is 57.3 Å². The lowest BCUT2D eigenvalue weighted by atomic mass is 10.1. The summed E-state index contributed by atoms with van der Waals surface area (Å²) in [7, 11) is 3.22. The van der Waals surface area contributed by atoms with Crippen LogP contribution in [-0.4, -0.2) is 70.8 Å². The smallest absolute Gasteiger partial charge is 0.249 e. The maximum Gasteiger partial charge on any atom is 0.249 e. The molecule has 0 unspecified atom stereocenters. The van der Waals surface area contributed by atoms with Crippen LogP contribution in [0.2, 0.25) is 0 Å². The third-order valence-corrected chi connectivity index (χ3v) is 5.69. The van der Waals surface area contributed by atoms with Crippen LogP contribution < -0.4 is 20.3 Å². The second-order valence-corrected chi connectivity index (χ2v) is 8.62. The number of hydrogen-bond acceptors (Lipinski definition) is 7. The van der Waals surface area contributed by atoms with E-state index < -0.39 is 6.10 Å². The molecule has 2 N–H and O–H groups in total. The number of anilines is 2. The lowest BCUT2D eigenvalue weighted by Crippen LogP contribution is -2.45. The van der Waals surface area contributed by atoms with Crippen molar-refractivity contribution in [1.29, 1.82) is 0 Å². The predicted molar refractivity (Wildman–Crippen MR) is 136 cm³/mol. The molecule has 2 heterocycles. The standard InChI is InChI=1S/C25H37N5O4/c1-17(2)22(33-5)25(31)28-12-7-6-11-26-23-24-27-13-10-18(3)30(24)21-9-8-19(16-20(21)29-23)34-15-14-32-4/h8-10,16-17,22H,6-7,11-15H2,1-5H3,(H,26,29)(H,28,31)/t22-/m1/s1. The Hall–Kier alpha value is -2.91. The molecule has 9 heteroatoms. The fraction of sp³-hybridized carbons (Fsp3) is 0.560. The Kier molecular flexibility index (Phi) is 9.47. The van der Waals surface area contributed by atoms with Crippen LogP contribution in [0.1, 0.15) is 33.6 Å². The van der Waals surface area contributed by atoms with Crippen LogP contribution in [0.25, 0.3) is 0 Å². The van der Waals surface area contributed by atoms with E-state index in [0.717, 1.165) is 47.3 Å². The number of unbranched alkanes of at least 4 members (excludes halogenated alkanes) is 1. The number of amides is 1. The predicted octanol–water partition coefficient (Wildman–Crippen LogP) is 3.23. The minimum absolute atomic E-state index is 0.0626. The Morgan fingerprint density at radius 1 is 1.26 bits per heavy atom. The molecular weight excluding hydrogens is 434 g/mol. The molecule has 1 atom stereocenters. The zero-order valence-electron chi connectivity index (χ0n) is 20.9. The molecule has 0 saturated heterocycles. The molecule has 0 aromatic heterocycles. The maximum atomic E-state index is 12.2. The molecule has 186 valence electrons. The molecular formula is C25H37N5O4. The quantitative estimate of drug-likeness (QED) is 0.455. The summed E-state index contributed by atoms with van der Waals surface area (Å²) in [4.78, 5) is 23.8. The molecule has 0 fully saturated rings. The lowest BCUT2D eigenvalue weighted by molar-refractivity contribution is -0.133. The number of benzene rings is 1. The highest BCUT2D eigenvalue weighted by Crippen LogP contribution is 2.37. The summed E-state index contributed by atoms with van der Waals surface area (Å²) < 4.78 is 16.1. The van der Waals surface area contributed by atoms with Crippen LogP contribution in [0.5, 0.6) is 5.75 Å². The van der Waals surface area contributed by atoms with Crippen LogP contribution in [0.3, 0.4) is 0 Å². The van der Waals surface area contributed by atoms with E-state index in [9.17, 15) is 4.79 Å². The van der Waals surface area contributed by atoms with Gasteiger partial charge in [0.2, 0.25) is 5.91 Å². The van der Waals surface area contributed by atoms with Gasteiger partial charge in [0.15, 0.2) is 11.7 Å². The third kappa shape index (κ3) is 6.36. The Bertz CT molecular complexity index is 941. The van der Waals surface area contributed by atoms with Crippen molar-refractivity contribution in [3.63, 3.8) is 0 Å². The second-order valence-electron chi connectivity index (χ2n) is 8.62. The maximum absolute atomic E-state index is 12.2. The number of rotatable bonds is 12. The second kappa shape index (κ2) is 12.5. The summed E-state index contributed by atoms with van der Waals surface area (Å²) in [6.45, 7) is 8.92. The number of allylic oxidation sites excluding steroid dienone is 1. The Balaban J connectivity index is 1.62. The fourth-order valence-corrected chi connectivity index (χ4v) is 3.94. The molecule has 34 heavy (non-hydrogen) atoms. The SMILES string of the molecule is COCCOc1ccc2c(c1)NC(=NCCCCNC(=O)[C@H](OC)C(C)C)C1=NCC=C(C)N12. The number of nitrogens with zero attached hydrogens (tertiary/aromatic N) is 3. The number of ether oxygens (including phenoxy) is 3. The van der Waals surface area contributed by atoms with Gasteiger partial charge in [0.1, 0.15) is 18.5 Å². The topological polar surface area (TPSA) is 96.8 Å². The summed E-state index contributed by atoms with van der Waals surface area (Å²) in [5.41, 5.74) is 3.06. The molecule has 0 radical (unpaired) electrons. The van der Waals surface area contributed by atoms with Gasteiger partial charge in [0.25, 0.3) is 0 Å². The number of amidine groups is 2. The molecule has 0 spiro atoms. The van der Waals surface area contributed by atoms with E-state index in [1.165, 1.54) is 0 Å². The van der Waals surface area contributed by atoms with E-state index >= 15 is 0 Å². The number of fused-ring (bicyclic) bond motifs is 3. The highest BCUT2D eigenvalue weighted by atomic mass is 16.5. The van der Waals surface area contributed by atoms with E-state index in [-0.39, 0.29) is 11.8 Å². The summed E-state index contributed by atoms with van der Waals surface area (Å²) in [6, 6.07) is 5.97. The molecule has 2 aliphatic rings. The van der Waals surface area contributed by atoms with Gasteiger partial charge >= 0.3 is 0 Å².